The molecule has 2 aromatic rings. The van der Waals surface area contributed by atoms with Gasteiger partial charge in [0.15, 0.2) is 5.78 Å². The lowest BCUT2D eigenvalue weighted by Crippen LogP contribution is -2.26. The highest BCUT2D eigenvalue weighted by atomic mass is 16.2. The van der Waals surface area contributed by atoms with Gasteiger partial charge in [0.25, 0.3) is 0 Å². The number of Topliss-reactive ketones (excluding diaryl/α,β-unsaturated/α-hetero) is 1. The van der Waals surface area contributed by atoms with E-state index in [9.17, 15) is 9.59 Å². The minimum Gasteiger partial charge on any atom is -0.350 e. The highest BCUT2D eigenvalue weighted by Gasteiger charge is 2.15. The molecule has 1 aliphatic carbocycles. The predicted molar refractivity (Wildman–Crippen MR) is 95.0 cm³/mol. The molecule has 124 valence electrons. The second kappa shape index (κ2) is 7.43. The van der Waals surface area contributed by atoms with Crippen LogP contribution < -0.4 is 5.32 Å². The average Bonchev–Trinajstić information content (AvgIpc) is 3.08. The lowest BCUT2D eigenvalue weighted by molar-refractivity contribution is -0.121. The Bertz CT molecular complexity index is 737. The van der Waals surface area contributed by atoms with E-state index in [-0.39, 0.29) is 30.6 Å². The lowest BCUT2D eigenvalue weighted by Gasteiger charge is -2.14. The molecule has 0 fully saturated rings. The van der Waals surface area contributed by atoms with Crippen molar-refractivity contribution in [1.82, 2.24) is 5.32 Å². The van der Waals surface area contributed by atoms with E-state index in [4.69, 9.17) is 0 Å². The summed E-state index contributed by atoms with van der Waals surface area (Å²) in [7, 11) is 0. The maximum atomic E-state index is 12.3. The van der Waals surface area contributed by atoms with E-state index in [2.05, 4.69) is 11.4 Å². The topological polar surface area (TPSA) is 46.2 Å². The Kier molecular flexibility index (Phi) is 5.09. The van der Waals surface area contributed by atoms with Crippen molar-refractivity contribution in [3.8, 4) is 0 Å². The molecule has 3 rings (SSSR count). The first kappa shape index (κ1) is 16.4. The van der Waals surface area contributed by atoms with Crippen LogP contribution in [0.5, 0.6) is 0 Å². The van der Waals surface area contributed by atoms with Crippen molar-refractivity contribution in [2.45, 2.75) is 45.1 Å². The summed E-state index contributed by atoms with van der Waals surface area (Å²) in [5, 5.41) is 2.95. The van der Waals surface area contributed by atoms with Crippen LogP contribution in [0.1, 0.15) is 59.3 Å². The van der Waals surface area contributed by atoms with Gasteiger partial charge in [0.1, 0.15) is 0 Å². The van der Waals surface area contributed by atoms with E-state index in [1.807, 2.05) is 49.4 Å². The molecule has 1 atom stereocenters. The van der Waals surface area contributed by atoms with Gasteiger partial charge in [-0.1, -0.05) is 42.5 Å². The van der Waals surface area contributed by atoms with Crippen molar-refractivity contribution in [3.63, 3.8) is 0 Å². The Hall–Kier alpha value is -2.42. The van der Waals surface area contributed by atoms with Crippen molar-refractivity contribution in [2.24, 2.45) is 0 Å². The third-order valence-corrected chi connectivity index (χ3v) is 4.68. The van der Waals surface area contributed by atoms with E-state index >= 15 is 0 Å². The van der Waals surface area contributed by atoms with Gasteiger partial charge in [0.05, 0.1) is 6.04 Å². The minimum atomic E-state index is -0.0825. The third-order valence-electron chi connectivity index (χ3n) is 4.68. The van der Waals surface area contributed by atoms with Crippen molar-refractivity contribution < 1.29 is 9.59 Å². The smallest absolute Gasteiger partial charge is 0.220 e. The first-order valence-electron chi connectivity index (χ1n) is 8.63. The Morgan fingerprint density at radius 1 is 1.00 bits per heavy atom. The standard InChI is InChI=1S/C21H23NO2/c1-15(16-6-3-2-4-7-16)22-21(24)13-12-20(23)19-11-10-17-8-5-9-18(17)14-19/h2-4,6-7,10-11,14-15H,5,8-9,12-13H2,1H3,(H,22,24)/t15-/m1/s1. The molecule has 0 unspecified atom stereocenters. The summed E-state index contributed by atoms with van der Waals surface area (Å²) >= 11 is 0. The van der Waals surface area contributed by atoms with Gasteiger partial charge in [0.2, 0.25) is 5.91 Å². The van der Waals surface area contributed by atoms with Crippen LogP contribution in [0.3, 0.4) is 0 Å². The summed E-state index contributed by atoms with van der Waals surface area (Å²) in [6.07, 6.45) is 3.83. The van der Waals surface area contributed by atoms with Crippen LogP contribution in [0.2, 0.25) is 0 Å². The van der Waals surface area contributed by atoms with E-state index in [0.29, 0.717) is 0 Å². The molecule has 24 heavy (non-hydrogen) atoms. The Labute approximate surface area is 143 Å². The Morgan fingerprint density at radius 3 is 2.54 bits per heavy atom. The zero-order valence-electron chi connectivity index (χ0n) is 14.0. The van der Waals surface area contributed by atoms with Crippen molar-refractivity contribution in [2.75, 3.05) is 0 Å². The molecule has 1 aliphatic rings. The Morgan fingerprint density at radius 2 is 1.75 bits per heavy atom. The van der Waals surface area contributed by atoms with Crippen LogP contribution in [0.4, 0.5) is 0 Å². The van der Waals surface area contributed by atoms with Crippen LogP contribution in [0.15, 0.2) is 48.5 Å². The van der Waals surface area contributed by atoms with Gasteiger partial charge in [-0.25, -0.2) is 0 Å². The lowest BCUT2D eigenvalue weighted by atomic mass is 10.0. The fourth-order valence-electron chi connectivity index (χ4n) is 3.26. The van der Waals surface area contributed by atoms with Gasteiger partial charge in [-0.05, 0) is 48.9 Å². The molecule has 0 heterocycles. The number of hydrogen-bond donors (Lipinski definition) is 1. The molecular weight excluding hydrogens is 298 g/mol. The van der Waals surface area contributed by atoms with Gasteiger partial charge in [-0.2, -0.15) is 0 Å². The number of amides is 1. The maximum absolute atomic E-state index is 12.3. The molecule has 3 nitrogen and oxygen atoms in total. The highest BCUT2D eigenvalue weighted by Crippen LogP contribution is 2.23. The quantitative estimate of drug-likeness (QED) is 0.817. The van der Waals surface area contributed by atoms with Gasteiger partial charge in [0, 0.05) is 18.4 Å². The monoisotopic (exact) mass is 321 g/mol. The van der Waals surface area contributed by atoms with Gasteiger partial charge in [-0.15, -0.1) is 0 Å². The summed E-state index contributed by atoms with van der Waals surface area (Å²) in [4.78, 5) is 24.4. The molecule has 0 saturated heterocycles. The minimum absolute atomic E-state index is 0.0474. The first-order valence-corrected chi connectivity index (χ1v) is 8.63. The van der Waals surface area contributed by atoms with Crippen LogP contribution in [0, 0.1) is 0 Å². The summed E-state index contributed by atoms with van der Waals surface area (Å²) in [5.41, 5.74) is 4.46. The second-order valence-corrected chi connectivity index (χ2v) is 6.46. The zero-order valence-corrected chi connectivity index (χ0v) is 14.0. The fourth-order valence-corrected chi connectivity index (χ4v) is 3.26. The predicted octanol–water partition coefficient (Wildman–Crippen LogP) is 4.02. The van der Waals surface area contributed by atoms with E-state index in [1.165, 1.54) is 17.5 Å². The van der Waals surface area contributed by atoms with Crippen LogP contribution in [-0.4, -0.2) is 11.7 Å². The normalized spacial score (nSPS) is 14.0. The number of rotatable bonds is 6. The Balaban J connectivity index is 1.51. The van der Waals surface area contributed by atoms with Crippen molar-refractivity contribution in [1.29, 1.82) is 0 Å². The molecule has 0 spiro atoms. The maximum Gasteiger partial charge on any atom is 0.220 e. The highest BCUT2D eigenvalue weighted by molar-refractivity contribution is 5.98. The largest absolute Gasteiger partial charge is 0.350 e. The number of nitrogens with one attached hydrogen (secondary N) is 1. The molecule has 0 aromatic heterocycles. The van der Waals surface area contributed by atoms with E-state index in [1.54, 1.807) is 0 Å². The number of hydrogen-bond acceptors (Lipinski definition) is 2. The molecule has 0 aliphatic heterocycles. The van der Waals surface area contributed by atoms with Gasteiger partial charge in [-0.3, -0.25) is 9.59 Å². The summed E-state index contributed by atoms with van der Waals surface area (Å²) in [6.45, 7) is 1.95. The molecule has 0 bridgehead atoms. The number of benzene rings is 2. The van der Waals surface area contributed by atoms with Crippen LogP contribution in [0.25, 0.3) is 0 Å². The van der Waals surface area contributed by atoms with Gasteiger partial charge < -0.3 is 5.32 Å². The van der Waals surface area contributed by atoms with Crippen LogP contribution in [-0.2, 0) is 17.6 Å². The molecule has 0 radical (unpaired) electrons. The van der Waals surface area contributed by atoms with E-state index < -0.39 is 0 Å². The third kappa shape index (κ3) is 3.91. The molecule has 1 amide bonds. The zero-order chi connectivity index (χ0) is 16.9. The average molecular weight is 321 g/mol. The van der Waals surface area contributed by atoms with Gasteiger partial charge >= 0.3 is 0 Å². The number of aryl methyl sites for hydroxylation is 2. The number of carbonyl (C=O) groups is 2. The molecule has 0 saturated carbocycles. The SMILES string of the molecule is C[C@@H](NC(=O)CCC(=O)c1ccc2c(c1)CCC2)c1ccccc1. The summed E-state index contributed by atoms with van der Waals surface area (Å²) in [6, 6.07) is 15.8. The van der Waals surface area contributed by atoms with Crippen molar-refractivity contribution in [3.05, 3.63) is 70.8 Å². The van der Waals surface area contributed by atoms with E-state index in [0.717, 1.165) is 24.0 Å². The molecular formula is C21H23NO2. The summed E-state index contributed by atoms with van der Waals surface area (Å²) in [5.74, 6) is -0.0342. The number of ketones is 1. The van der Waals surface area contributed by atoms with Crippen molar-refractivity contribution >= 4 is 11.7 Å². The number of fused-ring (bicyclic) bond motifs is 1. The molecule has 3 heteroatoms. The second-order valence-electron chi connectivity index (χ2n) is 6.46. The molecule has 2 aromatic carbocycles. The summed E-state index contributed by atoms with van der Waals surface area (Å²) < 4.78 is 0. The molecule has 1 N–H and O–H groups in total. The number of carbonyl (C=O) groups excluding carboxylic acids is 2. The fraction of sp³-hybridized carbons (Fsp3) is 0.333. The van der Waals surface area contributed by atoms with Crippen LogP contribution >= 0.6 is 0 Å². The first-order chi connectivity index (χ1) is 11.6.